The Morgan fingerprint density at radius 2 is 2.12 bits per heavy atom. The van der Waals surface area contributed by atoms with Crippen LogP contribution < -0.4 is 16.0 Å². The minimum atomic E-state index is -0.416. The van der Waals surface area contributed by atoms with Crippen LogP contribution in [0.2, 0.25) is 5.02 Å². The van der Waals surface area contributed by atoms with Crippen LogP contribution >= 0.6 is 11.6 Å². The van der Waals surface area contributed by atoms with Gasteiger partial charge in [0, 0.05) is 24.8 Å². The van der Waals surface area contributed by atoms with Gasteiger partial charge in [0.2, 0.25) is 5.91 Å². The smallest absolute Gasteiger partial charge is 0.276 e. The van der Waals surface area contributed by atoms with E-state index >= 15 is 0 Å². The Kier molecular flexibility index (Phi) is 4.39. The largest absolute Gasteiger partial charge is 0.397 e. The maximum absolute atomic E-state index is 12.3. The molecule has 0 spiro atoms. The second kappa shape index (κ2) is 6.37. The maximum Gasteiger partial charge on any atom is 0.276 e. The Bertz CT molecular complexity index is 851. The summed E-state index contributed by atoms with van der Waals surface area (Å²) in [6.45, 7) is 4.71. The first-order valence-electron chi connectivity index (χ1n) is 7.89. The molecule has 3 rings (SSSR count). The van der Waals surface area contributed by atoms with Crippen molar-refractivity contribution >= 4 is 40.5 Å². The molecule has 2 aromatic rings. The lowest BCUT2D eigenvalue weighted by Crippen LogP contribution is -2.26. The first-order valence-corrected chi connectivity index (χ1v) is 8.26. The van der Waals surface area contributed by atoms with E-state index in [4.69, 9.17) is 17.3 Å². The summed E-state index contributed by atoms with van der Waals surface area (Å²) >= 11 is 6.34. The summed E-state index contributed by atoms with van der Waals surface area (Å²) in [5.74, 6) is -0.370. The predicted molar refractivity (Wildman–Crippen MR) is 98.8 cm³/mol. The van der Waals surface area contributed by atoms with Gasteiger partial charge in [-0.3, -0.25) is 9.59 Å². The average Bonchev–Trinajstić information content (AvgIpc) is 2.80. The van der Waals surface area contributed by atoms with Gasteiger partial charge < -0.3 is 16.0 Å². The highest BCUT2D eigenvalue weighted by atomic mass is 35.5. The number of halogens is 1. The van der Waals surface area contributed by atoms with Gasteiger partial charge in [0.1, 0.15) is 0 Å². The number of hydrogen-bond acceptors (Lipinski definition) is 4. The molecule has 0 bridgehead atoms. The molecule has 0 saturated carbocycles. The second-order valence-electron chi connectivity index (χ2n) is 6.88. The molecule has 130 valence electrons. The molecule has 1 aliphatic rings. The Morgan fingerprint density at radius 3 is 2.72 bits per heavy atom. The number of nitrogens with one attached hydrogen (secondary N) is 1. The van der Waals surface area contributed by atoms with Crippen molar-refractivity contribution in [1.82, 2.24) is 4.98 Å². The van der Waals surface area contributed by atoms with E-state index < -0.39 is 5.91 Å². The molecule has 25 heavy (non-hydrogen) atoms. The number of rotatable bonds is 3. The second-order valence-corrected chi connectivity index (χ2v) is 7.29. The summed E-state index contributed by atoms with van der Waals surface area (Å²) in [6, 6.07) is 8.33. The summed E-state index contributed by atoms with van der Waals surface area (Å²) < 4.78 is 0. The highest BCUT2D eigenvalue weighted by Crippen LogP contribution is 2.37. The van der Waals surface area contributed by atoms with Crippen LogP contribution in [0.3, 0.4) is 0 Å². The highest BCUT2D eigenvalue weighted by molar-refractivity contribution is 6.34. The SMILES string of the molecule is CC1(C)CC(=O)N(c2ccc(NC(=O)c3ncccc3N)cc2Cl)C1. The monoisotopic (exact) mass is 358 g/mol. The Hall–Kier alpha value is -2.60. The van der Waals surface area contributed by atoms with Crippen LogP contribution in [0.4, 0.5) is 17.1 Å². The number of carbonyl (C=O) groups excluding carboxylic acids is 2. The van der Waals surface area contributed by atoms with Gasteiger partial charge in [0.15, 0.2) is 5.69 Å². The van der Waals surface area contributed by atoms with Gasteiger partial charge in [-0.1, -0.05) is 25.4 Å². The molecule has 0 aliphatic carbocycles. The first kappa shape index (κ1) is 17.2. The van der Waals surface area contributed by atoms with E-state index in [-0.39, 0.29) is 17.0 Å². The Morgan fingerprint density at radius 1 is 1.36 bits per heavy atom. The molecule has 1 fully saturated rings. The van der Waals surface area contributed by atoms with E-state index in [1.165, 1.54) is 6.20 Å². The highest BCUT2D eigenvalue weighted by Gasteiger charge is 2.37. The lowest BCUT2D eigenvalue weighted by atomic mass is 9.93. The fraction of sp³-hybridized carbons (Fsp3) is 0.278. The lowest BCUT2D eigenvalue weighted by molar-refractivity contribution is -0.117. The number of nitrogens with two attached hydrogens (primary N) is 1. The molecule has 3 N–H and O–H groups in total. The summed E-state index contributed by atoms with van der Waals surface area (Å²) in [7, 11) is 0. The van der Waals surface area contributed by atoms with Crippen molar-refractivity contribution in [2.24, 2.45) is 5.41 Å². The maximum atomic E-state index is 12.3. The number of nitrogen functional groups attached to an aromatic ring is 1. The number of hydrogen-bond donors (Lipinski definition) is 2. The lowest BCUT2D eigenvalue weighted by Gasteiger charge is -2.21. The zero-order valence-corrected chi connectivity index (χ0v) is 14.8. The topological polar surface area (TPSA) is 88.3 Å². The summed E-state index contributed by atoms with van der Waals surface area (Å²) in [5.41, 5.74) is 7.29. The normalized spacial score (nSPS) is 16.1. The minimum Gasteiger partial charge on any atom is -0.397 e. The molecule has 7 heteroatoms. The zero-order valence-electron chi connectivity index (χ0n) is 14.0. The Balaban J connectivity index is 1.80. The first-order chi connectivity index (χ1) is 11.8. The fourth-order valence-corrected chi connectivity index (χ4v) is 3.18. The third-order valence-electron chi connectivity index (χ3n) is 4.07. The number of aromatic nitrogens is 1. The Labute approximate surface area is 151 Å². The van der Waals surface area contributed by atoms with Gasteiger partial charge in [-0.25, -0.2) is 4.98 Å². The summed E-state index contributed by atoms with van der Waals surface area (Å²) in [5, 5.41) is 3.12. The van der Waals surface area contributed by atoms with Gasteiger partial charge in [0.25, 0.3) is 5.91 Å². The number of anilines is 3. The van der Waals surface area contributed by atoms with Crippen LogP contribution in [0.5, 0.6) is 0 Å². The molecule has 2 amide bonds. The van der Waals surface area contributed by atoms with Crippen LogP contribution in [0, 0.1) is 5.41 Å². The van der Waals surface area contributed by atoms with E-state index in [2.05, 4.69) is 10.3 Å². The van der Waals surface area contributed by atoms with Crippen molar-refractivity contribution < 1.29 is 9.59 Å². The zero-order chi connectivity index (χ0) is 18.2. The van der Waals surface area contributed by atoms with Crippen molar-refractivity contribution in [3.63, 3.8) is 0 Å². The number of pyridine rings is 1. The minimum absolute atomic E-state index is 0.0462. The van der Waals surface area contributed by atoms with Crippen molar-refractivity contribution in [2.75, 3.05) is 22.5 Å². The van der Waals surface area contributed by atoms with Gasteiger partial charge in [-0.15, -0.1) is 0 Å². The predicted octanol–water partition coefficient (Wildman–Crippen LogP) is 3.33. The summed E-state index contributed by atoms with van der Waals surface area (Å²) in [6.07, 6.45) is 1.99. The molecule has 0 radical (unpaired) electrons. The van der Waals surface area contributed by atoms with Gasteiger partial charge >= 0.3 is 0 Å². The average molecular weight is 359 g/mol. The van der Waals surface area contributed by atoms with Crippen LogP contribution in [-0.2, 0) is 4.79 Å². The molecule has 1 aromatic carbocycles. The molecule has 0 atom stereocenters. The van der Waals surface area contributed by atoms with Crippen LogP contribution in [0.15, 0.2) is 36.5 Å². The van der Waals surface area contributed by atoms with E-state index in [0.717, 1.165) is 0 Å². The number of carbonyl (C=O) groups is 2. The van der Waals surface area contributed by atoms with E-state index in [9.17, 15) is 9.59 Å². The number of amides is 2. The van der Waals surface area contributed by atoms with Crippen molar-refractivity contribution in [3.8, 4) is 0 Å². The van der Waals surface area contributed by atoms with E-state index in [1.54, 1.807) is 35.2 Å². The van der Waals surface area contributed by atoms with E-state index in [1.807, 2.05) is 13.8 Å². The molecular formula is C18H19ClN4O2. The molecule has 1 aromatic heterocycles. The molecule has 1 saturated heterocycles. The third-order valence-corrected chi connectivity index (χ3v) is 4.37. The standard InChI is InChI=1S/C18H19ClN4O2/c1-18(2)9-15(24)23(10-18)14-6-5-11(8-12(14)19)22-17(25)16-13(20)4-3-7-21-16/h3-8H,9-10,20H2,1-2H3,(H,22,25). The molecule has 2 heterocycles. The number of benzene rings is 1. The summed E-state index contributed by atoms with van der Waals surface area (Å²) in [4.78, 5) is 30.1. The fourth-order valence-electron chi connectivity index (χ4n) is 2.90. The van der Waals surface area contributed by atoms with E-state index in [0.29, 0.717) is 35.1 Å². The van der Waals surface area contributed by atoms with Crippen LogP contribution in [0.1, 0.15) is 30.8 Å². The molecule has 0 unspecified atom stereocenters. The van der Waals surface area contributed by atoms with Gasteiger partial charge in [0.05, 0.1) is 16.4 Å². The molecule has 1 aliphatic heterocycles. The number of nitrogens with zero attached hydrogens (tertiary/aromatic N) is 2. The molecule has 6 nitrogen and oxygen atoms in total. The van der Waals surface area contributed by atoms with Gasteiger partial charge in [-0.2, -0.15) is 0 Å². The quantitative estimate of drug-likeness (QED) is 0.880. The van der Waals surface area contributed by atoms with Crippen molar-refractivity contribution in [3.05, 3.63) is 47.2 Å². The van der Waals surface area contributed by atoms with Crippen molar-refractivity contribution in [1.29, 1.82) is 0 Å². The van der Waals surface area contributed by atoms with Crippen LogP contribution in [-0.4, -0.2) is 23.3 Å². The third kappa shape index (κ3) is 3.58. The molecular weight excluding hydrogens is 340 g/mol. The van der Waals surface area contributed by atoms with Crippen LogP contribution in [0.25, 0.3) is 0 Å². The van der Waals surface area contributed by atoms with Gasteiger partial charge in [-0.05, 0) is 35.7 Å². The van der Waals surface area contributed by atoms with Crippen molar-refractivity contribution in [2.45, 2.75) is 20.3 Å².